The zero-order chi connectivity index (χ0) is 19.5. The number of hydrogen-bond acceptors (Lipinski definition) is 6. The van der Waals surface area contributed by atoms with Gasteiger partial charge in [-0.2, -0.15) is 8.42 Å². The van der Waals surface area contributed by atoms with E-state index in [0.717, 1.165) is 22.5 Å². The van der Waals surface area contributed by atoms with Crippen molar-refractivity contribution in [3.8, 4) is 0 Å². The van der Waals surface area contributed by atoms with Crippen molar-refractivity contribution in [1.29, 1.82) is 0 Å². The average Bonchev–Trinajstić information content (AvgIpc) is 3.05. The van der Waals surface area contributed by atoms with E-state index >= 15 is 0 Å². The molecule has 2 aromatic rings. The Morgan fingerprint density at radius 1 is 1.23 bits per heavy atom. The fourth-order valence-electron chi connectivity index (χ4n) is 2.37. The van der Waals surface area contributed by atoms with Gasteiger partial charge in [-0.1, -0.05) is 32.0 Å². The number of carbonyl (C=O) groups is 1. The van der Waals surface area contributed by atoms with Crippen molar-refractivity contribution in [1.82, 2.24) is 9.71 Å². The SMILES string of the molecule is CCc1cccc(CC)c1NC(=O)NS(=O)(=O)c1ncc(C(C)(C)O)s1. The molecule has 0 radical (unpaired) electrons. The Morgan fingerprint density at radius 2 is 1.81 bits per heavy atom. The highest BCUT2D eigenvalue weighted by molar-refractivity contribution is 7.92. The van der Waals surface area contributed by atoms with Crippen molar-refractivity contribution in [2.45, 2.75) is 50.5 Å². The van der Waals surface area contributed by atoms with E-state index in [1.165, 1.54) is 20.0 Å². The predicted molar refractivity (Wildman–Crippen MR) is 102 cm³/mol. The fraction of sp³-hybridized carbons (Fsp3) is 0.412. The summed E-state index contributed by atoms with van der Waals surface area (Å²) < 4.78 is 26.5. The van der Waals surface area contributed by atoms with Gasteiger partial charge in [0.05, 0.1) is 10.5 Å². The van der Waals surface area contributed by atoms with Crippen LogP contribution in [0.3, 0.4) is 0 Å². The maximum Gasteiger partial charge on any atom is 0.333 e. The van der Waals surface area contributed by atoms with Gasteiger partial charge in [0, 0.05) is 11.9 Å². The molecule has 0 bridgehead atoms. The molecule has 7 nitrogen and oxygen atoms in total. The first-order chi connectivity index (χ1) is 12.1. The molecule has 3 N–H and O–H groups in total. The lowest BCUT2D eigenvalue weighted by Crippen LogP contribution is -2.34. The van der Waals surface area contributed by atoms with E-state index in [4.69, 9.17) is 0 Å². The Labute approximate surface area is 157 Å². The maximum atomic E-state index is 12.4. The fourth-order valence-corrected chi connectivity index (χ4v) is 4.43. The lowest BCUT2D eigenvalue weighted by atomic mass is 10.0. The summed E-state index contributed by atoms with van der Waals surface area (Å²) in [5.41, 5.74) is 1.27. The third kappa shape index (κ3) is 4.60. The molecule has 0 atom stereocenters. The van der Waals surface area contributed by atoms with E-state index in [1.807, 2.05) is 36.8 Å². The molecule has 2 rings (SSSR count). The Bertz CT molecular complexity index is 877. The molecule has 0 saturated carbocycles. The van der Waals surface area contributed by atoms with Crippen molar-refractivity contribution in [2.24, 2.45) is 0 Å². The quantitative estimate of drug-likeness (QED) is 0.694. The molecule has 0 aliphatic heterocycles. The minimum atomic E-state index is -4.12. The smallest absolute Gasteiger partial charge is 0.333 e. The number of benzene rings is 1. The first kappa shape index (κ1) is 20.3. The molecule has 0 unspecified atom stereocenters. The van der Waals surface area contributed by atoms with Crippen LogP contribution < -0.4 is 10.0 Å². The van der Waals surface area contributed by atoms with E-state index in [1.54, 1.807) is 0 Å². The molecular weight excluding hydrogens is 374 g/mol. The summed E-state index contributed by atoms with van der Waals surface area (Å²) in [5, 5.41) is 12.6. The number of aromatic nitrogens is 1. The summed E-state index contributed by atoms with van der Waals surface area (Å²) in [6.45, 7) is 6.99. The predicted octanol–water partition coefficient (Wildman–Crippen LogP) is 3.01. The van der Waals surface area contributed by atoms with Gasteiger partial charge in [0.2, 0.25) is 4.34 Å². The topological polar surface area (TPSA) is 108 Å². The Balaban J connectivity index is 2.21. The summed E-state index contributed by atoms with van der Waals surface area (Å²) in [6, 6.07) is 4.84. The van der Waals surface area contributed by atoms with Crippen LogP contribution in [0.4, 0.5) is 10.5 Å². The molecule has 1 aromatic carbocycles. The number of rotatable bonds is 6. The molecule has 0 saturated heterocycles. The Morgan fingerprint density at radius 3 is 2.27 bits per heavy atom. The highest BCUT2D eigenvalue weighted by Crippen LogP contribution is 2.28. The molecule has 0 spiro atoms. The van der Waals surface area contributed by atoms with E-state index in [9.17, 15) is 18.3 Å². The number of carbonyl (C=O) groups excluding carboxylic acids is 1. The molecule has 0 aliphatic rings. The third-order valence-corrected chi connectivity index (χ3v) is 6.81. The van der Waals surface area contributed by atoms with Crippen LogP contribution in [0.15, 0.2) is 28.7 Å². The highest BCUT2D eigenvalue weighted by Gasteiger charge is 2.26. The van der Waals surface area contributed by atoms with E-state index in [-0.39, 0.29) is 4.34 Å². The number of aliphatic hydroxyl groups is 1. The average molecular weight is 398 g/mol. The van der Waals surface area contributed by atoms with Crippen LogP contribution in [-0.4, -0.2) is 24.5 Å². The molecular formula is C17H23N3O4S2. The maximum absolute atomic E-state index is 12.4. The molecule has 1 heterocycles. The van der Waals surface area contributed by atoms with Gasteiger partial charge >= 0.3 is 6.03 Å². The number of hydrogen-bond donors (Lipinski definition) is 3. The van der Waals surface area contributed by atoms with Crippen LogP contribution >= 0.6 is 11.3 Å². The molecule has 0 aliphatic carbocycles. The zero-order valence-electron chi connectivity index (χ0n) is 15.2. The van der Waals surface area contributed by atoms with Crippen LogP contribution in [0.2, 0.25) is 0 Å². The summed E-state index contributed by atoms with van der Waals surface area (Å²) in [7, 11) is -4.12. The number of sulfonamides is 1. The summed E-state index contributed by atoms with van der Waals surface area (Å²) >= 11 is 0.819. The van der Waals surface area contributed by atoms with E-state index in [0.29, 0.717) is 23.4 Å². The number of urea groups is 1. The second-order valence-corrected chi connectivity index (χ2v) is 9.15. The monoisotopic (exact) mass is 397 g/mol. The Hall–Kier alpha value is -1.97. The van der Waals surface area contributed by atoms with Gasteiger partial charge in [-0.05, 0) is 37.8 Å². The van der Waals surface area contributed by atoms with Crippen LogP contribution in [0.25, 0.3) is 0 Å². The number of anilines is 1. The normalized spacial score (nSPS) is 12.0. The summed E-state index contributed by atoms with van der Waals surface area (Å²) in [6.07, 6.45) is 2.70. The zero-order valence-corrected chi connectivity index (χ0v) is 16.8. The van der Waals surface area contributed by atoms with Crippen LogP contribution in [0.5, 0.6) is 0 Å². The van der Waals surface area contributed by atoms with Gasteiger partial charge in [0.15, 0.2) is 0 Å². The molecule has 9 heteroatoms. The largest absolute Gasteiger partial charge is 0.385 e. The van der Waals surface area contributed by atoms with Gasteiger partial charge in [-0.3, -0.25) is 0 Å². The second kappa shape index (κ2) is 7.73. The van der Waals surface area contributed by atoms with Gasteiger partial charge in [0.25, 0.3) is 10.0 Å². The van der Waals surface area contributed by atoms with Crippen LogP contribution in [-0.2, 0) is 28.5 Å². The number of amides is 2. The lowest BCUT2D eigenvalue weighted by molar-refractivity contribution is 0.0823. The highest BCUT2D eigenvalue weighted by atomic mass is 32.2. The lowest BCUT2D eigenvalue weighted by Gasteiger charge is -2.15. The van der Waals surface area contributed by atoms with E-state index < -0.39 is 21.7 Å². The van der Waals surface area contributed by atoms with Gasteiger partial charge in [-0.25, -0.2) is 14.5 Å². The first-order valence-electron chi connectivity index (χ1n) is 8.21. The van der Waals surface area contributed by atoms with Gasteiger partial charge in [-0.15, -0.1) is 11.3 Å². The minimum absolute atomic E-state index is 0.274. The number of aryl methyl sites for hydroxylation is 2. The molecule has 0 fully saturated rings. The Kier molecular flexibility index (Phi) is 6.05. The standard InChI is InChI=1S/C17H23N3O4S2/c1-5-11-8-7-9-12(6-2)14(11)19-15(21)20-26(23,24)16-18-10-13(25-16)17(3,4)22/h7-10,22H,5-6H2,1-4H3,(H2,19,20,21). The van der Waals surface area contributed by atoms with Crippen molar-refractivity contribution in [2.75, 3.05) is 5.32 Å². The third-order valence-electron chi connectivity index (χ3n) is 3.78. The molecule has 2 amide bonds. The first-order valence-corrected chi connectivity index (χ1v) is 10.5. The van der Waals surface area contributed by atoms with Gasteiger partial charge in [0.1, 0.15) is 0 Å². The van der Waals surface area contributed by atoms with Crippen molar-refractivity contribution < 1.29 is 18.3 Å². The van der Waals surface area contributed by atoms with Crippen LogP contribution in [0, 0.1) is 0 Å². The number of nitrogens with one attached hydrogen (secondary N) is 2. The van der Waals surface area contributed by atoms with E-state index in [2.05, 4.69) is 10.3 Å². The molecule has 142 valence electrons. The van der Waals surface area contributed by atoms with Crippen molar-refractivity contribution >= 4 is 33.1 Å². The molecule has 1 aromatic heterocycles. The number of nitrogens with zero attached hydrogens (tertiary/aromatic N) is 1. The number of thiazole rings is 1. The summed E-state index contributed by atoms with van der Waals surface area (Å²) in [5.74, 6) is 0. The number of para-hydroxylation sites is 1. The van der Waals surface area contributed by atoms with Crippen LogP contribution in [0.1, 0.15) is 43.7 Å². The minimum Gasteiger partial charge on any atom is -0.385 e. The second-order valence-electron chi connectivity index (χ2n) is 6.27. The van der Waals surface area contributed by atoms with Gasteiger partial charge < -0.3 is 10.4 Å². The van der Waals surface area contributed by atoms with Crippen molar-refractivity contribution in [3.63, 3.8) is 0 Å². The van der Waals surface area contributed by atoms with Crippen molar-refractivity contribution in [3.05, 3.63) is 40.4 Å². The molecule has 26 heavy (non-hydrogen) atoms. The summed E-state index contributed by atoms with van der Waals surface area (Å²) in [4.78, 5) is 16.5.